The van der Waals surface area contributed by atoms with Crippen LogP contribution in [0.2, 0.25) is 0 Å². The Balaban J connectivity index is 1.53. The van der Waals surface area contributed by atoms with Gasteiger partial charge in [0.15, 0.2) is 11.0 Å². The minimum absolute atomic E-state index is 0.0629. The lowest BCUT2D eigenvalue weighted by atomic mass is 10.1. The molecule has 2 amide bonds. The zero-order valence-electron chi connectivity index (χ0n) is 17.0. The van der Waals surface area contributed by atoms with Crippen molar-refractivity contribution >= 4 is 23.6 Å². The SMILES string of the molecule is CCn1c(CNC(=O)c2ccccc2)nnc1SCC(=O)N[C@@H](C)c1ccccc1. The predicted molar refractivity (Wildman–Crippen MR) is 117 cm³/mol. The lowest BCUT2D eigenvalue weighted by Crippen LogP contribution is -2.28. The monoisotopic (exact) mass is 423 g/mol. The summed E-state index contributed by atoms with van der Waals surface area (Å²) in [5.41, 5.74) is 1.66. The Hall–Kier alpha value is -3.13. The molecule has 1 heterocycles. The van der Waals surface area contributed by atoms with Gasteiger partial charge in [-0.2, -0.15) is 0 Å². The molecule has 0 spiro atoms. The van der Waals surface area contributed by atoms with E-state index in [4.69, 9.17) is 0 Å². The molecule has 0 saturated heterocycles. The molecule has 0 fully saturated rings. The molecule has 2 N–H and O–H groups in total. The van der Waals surface area contributed by atoms with Crippen molar-refractivity contribution in [1.82, 2.24) is 25.4 Å². The van der Waals surface area contributed by atoms with Crippen molar-refractivity contribution in [3.8, 4) is 0 Å². The Labute approximate surface area is 180 Å². The Kier molecular flexibility index (Phi) is 7.62. The van der Waals surface area contributed by atoms with Crippen LogP contribution in [0.4, 0.5) is 0 Å². The molecule has 0 radical (unpaired) electrons. The third-order valence-electron chi connectivity index (χ3n) is 4.56. The zero-order chi connectivity index (χ0) is 21.3. The molecular weight excluding hydrogens is 398 g/mol. The normalized spacial score (nSPS) is 11.7. The third kappa shape index (κ3) is 5.70. The molecule has 8 heteroatoms. The van der Waals surface area contributed by atoms with Crippen molar-refractivity contribution in [2.75, 3.05) is 5.75 Å². The Morgan fingerprint density at radius 2 is 1.70 bits per heavy atom. The lowest BCUT2D eigenvalue weighted by Gasteiger charge is -2.14. The van der Waals surface area contributed by atoms with Gasteiger partial charge in [-0.1, -0.05) is 60.3 Å². The van der Waals surface area contributed by atoms with E-state index in [1.807, 2.05) is 66.9 Å². The highest BCUT2D eigenvalue weighted by Crippen LogP contribution is 2.18. The van der Waals surface area contributed by atoms with Crippen LogP contribution < -0.4 is 10.6 Å². The number of nitrogens with one attached hydrogen (secondary N) is 2. The smallest absolute Gasteiger partial charge is 0.251 e. The Morgan fingerprint density at radius 3 is 2.37 bits per heavy atom. The maximum absolute atomic E-state index is 12.3. The molecule has 156 valence electrons. The average molecular weight is 424 g/mol. The topological polar surface area (TPSA) is 88.9 Å². The predicted octanol–water partition coefficient (Wildman–Crippen LogP) is 3.20. The zero-order valence-corrected chi connectivity index (χ0v) is 17.9. The van der Waals surface area contributed by atoms with Gasteiger partial charge in [0, 0.05) is 12.1 Å². The van der Waals surface area contributed by atoms with E-state index in [0.29, 0.717) is 23.1 Å². The number of carbonyl (C=O) groups excluding carboxylic acids is 2. The van der Waals surface area contributed by atoms with E-state index >= 15 is 0 Å². The van der Waals surface area contributed by atoms with Crippen LogP contribution in [-0.4, -0.2) is 32.3 Å². The lowest BCUT2D eigenvalue weighted by molar-refractivity contribution is -0.119. The van der Waals surface area contributed by atoms with Crippen LogP contribution in [0.1, 0.15) is 41.6 Å². The fourth-order valence-corrected chi connectivity index (χ4v) is 3.80. The molecular formula is C22H25N5O2S. The van der Waals surface area contributed by atoms with Gasteiger partial charge in [0.2, 0.25) is 5.91 Å². The van der Waals surface area contributed by atoms with Crippen LogP contribution >= 0.6 is 11.8 Å². The minimum atomic E-state index is -0.162. The summed E-state index contributed by atoms with van der Waals surface area (Å²) in [6, 6.07) is 18.8. The van der Waals surface area contributed by atoms with E-state index in [1.165, 1.54) is 11.8 Å². The van der Waals surface area contributed by atoms with E-state index in [1.54, 1.807) is 12.1 Å². The number of nitrogens with zero attached hydrogens (tertiary/aromatic N) is 3. The van der Waals surface area contributed by atoms with Crippen LogP contribution in [0.3, 0.4) is 0 Å². The van der Waals surface area contributed by atoms with E-state index in [9.17, 15) is 9.59 Å². The second-order valence-electron chi connectivity index (χ2n) is 6.68. The van der Waals surface area contributed by atoms with Gasteiger partial charge in [-0.15, -0.1) is 10.2 Å². The maximum Gasteiger partial charge on any atom is 0.251 e. The fourth-order valence-electron chi connectivity index (χ4n) is 2.96. The molecule has 0 aliphatic rings. The van der Waals surface area contributed by atoms with Gasteiger partial charge < -0.3 is 15.2 Å². The van der Waals surface area contributed by atoms with Crippen LogP contribution in [0.15, 0.2) is 65.8 Å². The fraction of sp³-hybridized carbons (Fsp3) is 0.273. The first kappa shape index (κ1) is 21.6. The largest absolute Gasteiger partial charge is 0.349 e. The second-order valence-corrected chi connectivity index (χ2v) is 7.62. The van der Waals surface area contributed by atoms with Crippen LogP contribution in [0.5, 0.6) is 0 Å². The molecule has 2 aromatic carbocycles. The van der Waals surface area contributed by atoms with E-state index in [-0.39, 0.29) is 30.2 Å². The summed E-state index contributed by atoms with van der Waals surface area (Å²) in [6.07, 6.45) is 0. The highest BCUT2D eigenvalue weighted by Gasteiger charge is 2.15. The van der Waals surface area contributed by atoms with Crippen molar-refractivity contribution in [1.29, 1.82) is 0 Å². The molecule has 0 bridgehead atoms. The summed E-state index contributed by atoms with van der Waals surface area (Å²) in [5, 5.41) is 14.9. The Bertz CT molecular complexity index is 976. The summed E-state index contributed by atoms with van der Waals surface area (Å²) in [7, 11) is 0. The molecule has 3 aromatic rings. The van der Waals surface area contributed by atoms with Gasteiger partial charge in [-0.3, -0.25) is 9.59 Å². The molecule has 0 aliphatic heterocycles. The molecule has 3 rings (SSSR count). The first-order chi connectivity index (χ1) is 14.6. The van der Waals surface area contributed by atoms with Gasteiger partial charge in [-0.05, 0) is 31.5 Å². The molecule has 0 aliphatic carbocycles. The highest BCUT2D eigenvalue weighted by molar-refractivity contribution is 7.99. The Morgan fingerprint density at radius 1 is 1.03 bits per heavy atom. The van der Waals surface area contributed by atoms with E-state index in [2.05, 4.69) is 20.8 Å². The molecule has 0 saturated carbocycles. The van der Waals surface area contributed by atoms with E-state index in [0.717, 1.165) is 5.56 Å². The van der Waals surface area contributed by atoms with Crippen molar-refractivity contribution in [2.24, 2.45) is 0 Å². The van der Waals surface area contributed by atoms with Crippen LogP contribution in [0.25, 0.3) is 0 Å². The van der Waals surface area contributed by atoms with Gasteiger partial charge in [0.25, 0.3) is 5.91 Å². The van der Waals surface area contributed by atoms with E-state index < -0.39 is 0 Å². The summed E-state index contributed by atoms with van der Waals surface area (Å²) in [6.45, 7) is 4.85. The standard InChI is InChI=1S/C22H25N5O2S/c1-3-27-19(14-23-21(29)18-12-8-5-9-13-18)25-26-22(27)30-15-20(28)24-16(2)17-10-6-4-7-11-17/h4-13,16H,3,14-15H2,1-2H3,(H,23,29)(H,24,28)/t16-/m0/s1. The van der Waals surface area contributed by atoms with Crippen LogP contribution in [-0.2, 0) is 17.9 Å². The number of rotatable bonds is 9. The highest BCUT2D eigenvalue weighted by atomic mass is 32.2. The quantitative estimate of drug-likeness (QED) is 0.516. The maximum atomic E-state index is 12.3. The first-order valence-corrected chi connectivity index (χ1v) is 10.8. The molecule has 1 atom stereocenters. The van der Waals surface area contributed by atoms with Crippen molar-refractivity contribution in [2.45, 2.75) is 38.1 Å². The summed E-state index contributed by atoms with van der Waals surface area (Å²) >= 11 is 1.33. The van der Waals surface area contributed by atoms with Crippen molar-refractivity contribution < 1.29 is 9.59 Å². The summed E-state index contributed by atoms with van der Waals surface area (Å²) in [5.74, 6) is 0.666. The number of thioether (sulfide) groups is 1. The van der Waals surface area contributed by atoms with Gasteiger partial charge in [-0.25, -0.2) is 0 Å². The molecule has 1 aromatic heterocycles. The summed E-state index contributed by atoms with van der Waals surface area (Å²) < 4.78 is 1.91. The van der Waals surface area contributed by atoms with Gasteiger partial charge >= 0.3 is 0 Å². The average Bonchev–Trinajstić information content (AvgIpc) is 3.19. The van der Waals surface area contributed by atoms with Crippen molar-refractivity contribution in [3.05, 3.63) is 77.6 Å². The second kappa shape index (κ2) is 10.6. The number of hydrogen-bond acceptors (Lipinski definition) is 5. The van der Waals surface area contributed by atoms with Gasteiger partial charge in [0.1, 0.15) is 0 Å². The number of amides is 2. The number of hydrogen-bond donors (Lipinski definition) is 2. The number of aromatic nitrogens is 3. The molecule has 7 nitrogen and oxygen atoms in total. The minimum Gasteiger partial charge on any atom is -0.349 e. The third-order valence-corrected chi connectivity index (χ3v) is 5.53. The molecule has 30 heavy (non-hydrogen) atoms. The van der Waals surface area contributed by atoms with Crippen LogP contribution in [0, 0.1) is 0 Å². The van der Waals surface area contributed by atoms with Crippen molar-refractivity contribution in [3.63, 3.8) is 0 Å². The molecule has 0 unspecified atom stereocenters. The number of benzene rings is 2. The number of carbonyl (C=O) groups is 2. The first-order valence-electron chi connectivity index (χ1n) is 9.81. The van der Waals surface area contributed by atoms with Gasteiger partial charge in [0.05, 0.1) is 18.3 Å². The summed E-state index contributed by atoms with van der Waals surface area (Å²) in [4.78, 5) is 24.6.